The highest BCUT2D eigenvalue weighted by atomic mass is 19.1. The molecule has 1 N–H and O–H groups in total. The lowest BCUT2D eigenvalue weighted by molar-refractivity contribution is 0.412. The highest BCUT2D eigenvalue weighted by Gasteiger charge is 2.15. The minimum absolute atomic E-state index is 0.282. The number of hydrogen-bond acceptors (Lipinski definition) is 6. The van der Waals surface area contributed by atoms with Gasteiger partial charge in [0.2, 0.25) is 0 Å². The minimum atomic E-state index is -0.282. The third-order valence-electron chi connectivity index (χ3n) is 5.21. The fourth-order valence-electron chi connectivity index (χ4n) is 3.61. The summed E-state index contributed by atoms with van der Waals surface area (Å²) in [5.41, 5.74) is 4.79. The molecule has 0 aliphatic heterocycles. The van der Waals surface area contributed by atoms with Crippen molar-refractivity contribution in [1.82, 2.24) is 29.3 Å². The molecule has 0 amide bonds. The number of pyridine rings is 1. The number of anilines is 2. The topological polar surface area (TPSA) is 82.7 Å². The van der Waals surface area contributed by atoms with Crippen LogP contribution < -0.4 is 10.1 Å². The molecule has 32 heavy (non-hydrogen) atoms. The SMILES string of the molecule is COc1cc(Nc2cncc3c2nc(-c2ccc(F)cc2)n3C)ccc1-n1cnc(C)n1. The molecule has 8 nitrogen and oxygen atoms in total. The molecule has 0 saturated carbocycles. The summed E-state index contributed by atoms with van der Waals surface area (Å²) in [7, 11) is 3.53. The van der Waals surface area contributed by atoms with Gasteiger partial charge in [-0.1, -0.05) is 0 Å². The molecule has 0 atom stereocenters. The summed E-state index contributed by atoms with van der Waals surface area (Å²) in [6.07, 6.45) is 5.14. The number of hydrogen-bond donors (Lipinski definition) is 1. The van der Waals surface area contributed by atoms with E-state index in [1.165, 1.54) is 12.1 Å². The van der Waals surface area contributed by atoms with E-state index in [0.717, 1.165) is 39.5 Å². The Balaban J connectivity index is 1.53. The van der Waals surface area contributed by atoms with Gasteiger partial charge in [-0.25, -0.2) is 19.0 Å². The summed E-state index contributed by atoms with van der Waals surface area (Å²) in [6, 6.07) is 12.0. The van der Waals surface area contributed by atoms with Gasteiger partial charge in [0.15, 0.2) is 0 Å². The number of ether oxygens (including phenoxy) is 1. The van der Waals surface area contributed by atoms with Crippen molar-refractivity contribution in [2.75, 3.05) is 12.4 Å². The first-order valence-electron chi connectivity index (χ1n) is 9.93. The van der Waals surface area contributed by atoms with Crippen LogP contribution in [0.3, 0.4) is 0 Å². The Morgan fingerprint density at radius 2 is 1.88 bits per heavy atom. The van der Waals surface area contributed by atoms with E-state index in [1.54, 1.807) is 42.6 Å². The molecule has 9 heteroatoms. The molecule has 0 fully saturated rings. The maximum Gasteiger partial charge on any atom is 0.147 e. The maximum absolute atomic E-state index is 13.3. The van der Waals surface area contributed by atoms with Gasteiger partial charge < -0.3 is 14.6 Å². The zero-order chi connectivity index (χ0) is 22.2. The predicted molar refractivity (Wildman–Crippen MR) is 120 cm³/mol. The van der Waals surface area contributed by atoms with Gasteiger partial charge in [0.25, 0.3) is 0 Å². The first kappa shape index (κ1) is 19.7. The normalized spacial score (nSPS) is 11.1. The second kappa shape index (κ2) is 7.77. The molecule has 3 aromatic heterocycles. The van der Waals surface area contributed by atoms with E-state index >= 15 is 0 Å². The number of nitrogens with one attached hydrogen (secondary N) is 1. The zero-order valence-electron chi connectivity index (χ0n) is 17.7. The lowest BCUT2D eigenvalue weighted by Gasteiger charge is -2.12. The molecule has 0 unspecified atom stereocenters. The second-order valence-corrected chi connectivity index (χ2v) is 7.30. The van der Waals surface area contributed by atoms with Crippen LogP contribution in [0.15, 0.2) is 61.2 Å². The molecule has 0 aliphatic carbocycles. The van der Waals surface area contributed by atoms with Crippen LogP contribution >= 0.6 is 0 Å². The van der Waals surface area contributed by atoms with Crippen LogP contribution in [-0.4, -0.2) is 36.4 Å². The Bertz CT molecular complexity index is 1420. The van der Waals surface area contributed by atoms with Gasteiger partial charge in [-0.2, -0.15) is 5.10 Å². The largest absolute Gasteiger partial charge is 0.494 e. The van der Waals surface area contributed by atoms with Gasteiger partial charge in [0.1, 0.15) is 40.7 Å². The van der Waals surface area contributed by atoms with Gasteiger partial charge in [-0.3, -0.25) is 4.98 Å². The van der Waals surface area contributed by atoms with Crippen molar-refractivity contribution in [2.24, 2.45) is 7.05 Å². The van der Waals surface area contributed by atoms with E-state index in [1.807, 2.05) is 36.7 Å². The summed E-state index contributed by atoms with van der Waals surface area (Å²) in [4.78, 5) is 13.3. The number of aromatic nitrogens is 6. The maximum atomic E-state index is 13.3. The number of imidazole rings is 1. The smallest absolute Gasteiger partial charge is 0.147 e. The van der Waals surface area contributed by atoms with Crippen LogP contribution in [-0.2, 0) is 7.05 Å². The van der Waals surface area contributed by atoms with Gasteiger partial charge in [0, 0.05) is 24.4 Å². The highest BCUT2D eigenvalue weighted by Crippen LogP contribution is 2.32. The number of aryl methyl sites for hydroxylation is 2. The van der Waals surface area contributed by atoms with E-state index in [-0.39, 0.29) is 5.82 Å². The summed E-state index contributed by atoms with van der Waals surface area (Å²) in [6.45, 7) is 1.83. The molecule has 5 rings (SSSR count). The Morgan fingerprint density at radius 3 is 2.59 bits per heavy atom. The van der Waals surface area contributed by atoms with Gasteiger partial charge >= 0.3 is 0 Å². The first-order chi connectivity index (χ1) is 15.5. The van der Waals surface area contributed by atoms with Crippen LogP contribution in [0.5, 0.6) is 5.75 Å². The molecule has 2 aromatic carbocycles. The van der Waals surface area contributed by atoms with Crippen molar-refractivity contribution in [3.05, 3.63) is 72.8 Å². The van der Waals surface area contributed by atoms with Crippen LogP contribution in [0.4, 0.5) is 15.8 Å². The van der Waals surface area contributed by atoms with E-state index < -0.39 is 0 Å². The van der Waals surface area contributed by atoms with Gasteiger partial charge in [0.05, 0.1) is 30.7 Å². The van der Waals surface area contributed by atoms with Gasteiger partial charge in [-0.15, -0.1) is 0 Å². The van der Waals surface area contributed by atoms with Crippen molar-refractivity contribution in [2.45, 2.75) is 6.92 Å². The van der Waals surface area contributed by atoms with Crippen LogP contribution in [0.2, 0.25) is 0 Å². The Hall–Kier alpha value is -4.27. The molecule has 0 spiro atoms. The van der Waals surface area contributed by atoms with E-state index in [2.05, 4.69) is 20.4 Å². The first-order valence-corrected chi connectivity index (χ1v) is 9.93. The van der Waals surface area contributed by atoms with Crippen molar-refractivity contribution in [1.29, 1.82) is 0 Å². The van der Waals surface area contributed by atoms with E-state index in [9.17, 15) is 4.39 Å². The van der Waals surface area contributed by atoms with Crippen molar-refractivity contribution in [3.63, 3.8) is 0 Å². The second-order valence-electron chi connectivity index (χ2n) is 7.30. The van der Waals surface area contributed by atoms with Crippen LogP contribution in [0.1, 0.15) is 5.82 Å². The van der Waals surface area contributed by atoms with Gasteiger partial charge in [-0.05, 0) is 43.3 Å². The molecular weight excluding hydrogens is 409 g/mol. The number of fused-ring (bicyclic) bond motifs is 1. The van der Waals surface area contributed by atoms with Crippen LogP contribution in [0, 0.1) is 12.7 Å². The van der Waals surface area contributed by atoms with E-state index in [0.29, 0.717) is 11.6 Å². The van der Waals surface area contributed by atoms with E-state index in [4.69, 9.17) is 9.72 Å². The fraction of sp³-hybridized carbons (Fsp3) is 0.130. The third-order valence-corrected chi connectivity index (χ3v) is 5.21. The standard InChI is InChI=1S/C23H20FN7O/c1-14-26-13-31(29-14)19-9-8-17(10-21(19)32-3)27-18-11-25-12-20-22(18)28-23(30(20)2)15-4-6-16(24)7-5-15/h4-13,27H,1-3H3. The minimum Gasteiger partial charge on any atom is -0.494 e. The lowest BCUT2D eigenvalue weighted by atomic mass is 10.2. The number of halogens is 1. The summed E-state index contributed by atoms with van der Waals surface area (Å²) in [5.74, 6) is 1.77. The van der Waals surface area contributed by atoms with Crippen LogP contribution in [0.25, 0.3) is 28.1 Å². The molecule has 3 heterocycles. The average molecular weight is 429 g/mol. The quantitative estimate of drug-likeness (QED) is 0.445. The molecular formula is C23H20FN7O. The predicted octanol–water partition coefficient (Wildman–Crippen LogP) is 4.42. The third kappa shape index (κ3) is 3.43. The monoisotopic (exact) mass is 429 g/mol. The molecule has 0 radical (unpaired) electrons. The molecule has 5 aromatic rings. The highest BCUT2D eigenvalue weighted by molar-refractivity contribution is 5.92. The Labute approximate surface area is 183 Å². The zero-order valence-corrected chi connectivity index (χ0v) is 17.7. The molecule has 160 valence electrons. The average Bonchev–Trinajstić information content (AvgIpc) is 3.38. The molecule has 0 bridgehead atoms. The molecule has 0 aliphatic rings. The fourth-order valence-corrected chi connectivity index (χ4v) is 3.61. The summed E-state index contributed by atoms with van der Waals surface area (Å²) >= 11 is 0. The van der Waals surface area contributed by atoms with Crippen molar-refractivity contribution in [3.8, 4) is 22.8 Å². The number of rotatable bonds is 5. The number of benzene rings is 2. The Kier molecular flexibility index (Phi) is 4.78. The Morgan fingerprint density at radius 1 is 1.06 bits per heavy atom. The lowest BCUT2D eigenvalue weighted by Crippen LogP contribution is -2.00. The van der Waals surface area contributed by atoms with Crippen molar-refractivity contribution >= 4 is 22.4 Å². The number of methoxy groups -OCH3 is 1. The summed E-state index contributed by atoms with van der Waals surface area (Å²) in [5, 5.41) is 7.73. The molecule has 0 saturated heterocycles. The number of nitrogens with zero attached hydrogens (tertiary/aromatic N) is 6. The van der Waals surface area contributed by atoms with Crippen molar-refractivity contribution < 1.29 is 9.13 Å². The summed E-state index contributed by atoms with van der Waals surface area (Å²) < 4.78 is 22.5.